The van der Waals surface area contributed by atoms with Crippen molar-refractivity contribution in [2.24, 2.45) is 0 Å². The minimum absolute atomic E-state index is 0.117. The number of benzene rings is 1. The van der Waals surface area contributed by atoms with Crippen LogP contribution in [-0.4, -0.2) is 24.5 Å². The summed E-state index contributed by atoms with van der Waals surface area (Å²) in [6.45, 7) is 8.34. The molecule has 0 aliphatic carbocycles. The Morgan fingerprint density at radius 2 is 2.00 bits per heavy atom. The van der Waals surface area contributed by atoms with Crippen LogP contribution in [0.15, 0.2) is 18.2 Å². The van der Waals surface area contributed by atoms with Gasteiger partial charge < -0.3 is 5.32 Å². The molecule has 1 aliphatic rings. The van der Waals surface area contributed by atoms with Gasteiger partial charge in [-0.05, 0) is 49.2 Å². The van der Waals surface area contributed by atoms with Crippen molar-refractivity contribution < 1.29 is 4.39 Å². The van der Waals surface area contributed by atoms with Crippen molar-refractivity contribution in [3.63, 3.8) is 0 Å². The van der Waals surface area contributed by atoms with Crippen molar-refractivity contribution in [3.8, 4) is 0 Å². The monoisotopic (exact) mass is 250 g/mol. The molecule has 0 fully saturated rings. The summed E-state index contributed by atoms with van der Waals surface area (Å²) in [6, 6.07) is 5.52. The Hall–Kier alpha value is -0.930. The topological polar surface area (TPSA) is 15.3 Å². The second-order valence-corrected chi connectivity index (χ2v) is 5.03. The molecule has 2 nitrogen and oxygen atoms in total. The van der Waals surface area contributed by atoms with Crippen LogP contribution in [0.1, 0.15) is 43.9 Å². The molecular formula is C15H23FN2. The Kier molecular flexibility index (Phi) is 4.72. The van der Waals surface area contributed by atoms with Crippen LogP contribution in [0.4, 0.5) is 4.39 Å². The van der Waals surface area contributed by atoms with Gasteiger partial charge in [0.25, 0.3) is 0 Å². The lowest BCUT2D eigenvalue weighted by atomic mass is 9.95. The molecular weight excluding hydrogens is 227 g/mol. The van der Waals surface area contributed by atoms with Gasteiger partial charge in [-0.15, -0.1) is 0 Å². The van der Waals surface area contributed by atoms with Crippen LogP contribution in [0.2, 0.25) is 0 Å². The van der Waals surface area contributed by atoms with Gasteiger partial charge in [0, 0.05) is 19.1 Å². The zero-order valence-electron chi connectivity index (χ0n) is 11.4. The largest absolute Gasteiger partial charge is 0.311 e. The van der Waals surface area contributed by atoms with Gasteiger partial charge in [0.15, 0.2) is 0 Å². The predicted octanol–water partition coefficient (Wildman–Crippen LogP) is 3.09. The van der Waals surface area contributed by atoms with Crippen LogP contribution in [-0.2, 0) is 6.54 Å². The van der Waals surface area contributed by atoms with E-state index in [1.54, 1.807) is 12.1 Å². The molecule has 0 bridgehead atoms. The van der Waals surface area contributed by atoms with E-state index in [4.69, 9.17) is 0 Å². The number of rotatable bonds is 5. The molecule has 100 valence electrons. The summed E-state index contributed by atoms with van der Waals surface area (Å²) in [4.78, 5) is 2.48. The first-order valence-corrected chi connectivity index (χ1v) is 6.99. The minimum Gasteiger partial charge on any atom is -0.311 e. The predicted molar refractivity (Wildman–Crippen MR) is 73.0 cm³/mol. The third kappa shape index (κ3) is 2.90. The Labute approximate surface area is 109 Å². The standard InChI is InChI=1S/C15H23FN2/c1-3-7-18(8-4-2)15-11-17-10-12-5-6-13(16)9-14(12)15/h5-6,9,15,17H,3-4,7-8,10-11H2,1-2H3/t15-/m0/s1. The fourth-order valence-electron chi connectivity index (χ4n) is 2.81. The Morgan fingerprint density at radius 1 is 1.28 bits per heavy atom. The number of fused-ring (bicyclic) bond motifs is 1. The van der Waals surface area contributed by atoms with E-state index in [2.05, 4.69) is 24.1 Å². The summed E-state index contributed by atoms with van der Waals surface area (Å²) >= 11 is 0. The van der Waals surface area contributed by atoms with Crippen molar-refractivity contribution in [1.82, 2.24) is 10.2 Å². The first kappa shape index (κ1) is 13.5. The lowest BCUT2D eigenvalue weighted by molar-refractivity contribution is 0.185. The van der Waals surface area contributed by atoms with Gasteiger partial charge in [-0.25, -0.2) is 4.39 Å². The normalized spacial score (nSPS) is 19.0. The fraction of sp³-hybridized carbons (Fsp3) is 0.600. The maximum atomic E-state index is 13.5. The quantitative estimate of drug-likeness (QED) is 0.864. The van der Waals surface area contributed by atoms with E-state index in [9.17, 15) is 4.39 Å². The molecule has 3 heteroatoms. The van der Waals surface area contributed by atoms with E-state index >= 15 is 0 Å². The van der Waals surface area contributed by atoms with Gasteiger partial charge >= 0.3 is 0 Å². The zero-order chi connectivity index (χ0) is 13.0. The van der Waals surface area contributed by atoms with E-state index in [0.29, 0.717) is 6.04 Å². The highest BCUT2D eigenvalue weighted by Gasteiger charge is 2.25. The molecule has 1 aromatic rings. The minimum atomic E-state index is -0.117. The fourth-order valence-corrected chi connectivity index (χ4v) is 2.81. The molecule has 1 aliphatic heterocycles. The Balaban J connectivity index is 2.26. The van der Waals surface area contributed by atoms with Gasteiger partial charge in [0.2, 0.25) is 0 Å². The highest BCUT2D eigenvalue weighted by atomic mass is 19.1. The summed E-state index contributed by atoms with van der Waals surface area (Å²) < 4.78 is 13.5. The number of nitrogens with zero attached hydrogens (tertiary/aromatic N) is 1. The smallest absolute Gasteiger partial charge is 0.123 e. The van der Waals surface area contributed by atoms with E-state index in [1.165, 1.54) is 11.1 Å². The average molecular weight is 250 g/mol. The maximum Gasteiger partial charge on any atom is 0.123 e. The van der Waals surface area contributed by atoms with E-state index in [-0.39, 0.29) is 5.82 Å². The number of hydrogen-bond donors (Lipinski definition) is 1. The summed E-state index contributed by atoms with van der Waals surface area (Å²) in [5, 5.41) is 3.44. The summed E-state index contributed by atoms with van der Waals surface area (Å²) in [5.41, 5.74) is 2.42. The molecule has 0 amide bonds. The Bertz CT molecular complexity index is 386. The van der Waals surface area contributed by atoms with Gasteiger partial charge in [0.1, 0.15) is 5.82 Å². The molecule has 0 unspecified atom stereocenters. The highest BCUT2D eigenvalue weighted by molar-refractivity contribution is 5.33. The SMILES string of the molecule is CCCN(CCC)[C@H]1CNCc2ccc(F)cc21. The van der Waals surface area contributed by atoms with Crippen LogP contribution in [0.25, 0.3) is 0 Å². The van der Waals surface area contributed by atoms with Crippen molar-refractivity contribution in [1.29, 1.82) is 0 Å². The van der Waals surface area contributed by atoms with Gasteiger partial charge in [0.05, 0.1) is 0 Å². The number of nitrogens with one attached hydrogen (secondary N) is 1. The maximum absolute atomic E-state index is 13.5. The summed E-state index contributed by atoms with van der Waals surface area (Å²) in [7, 11) is 0. The van der Waals surface area contributed by atoms with Gasteiger partial charge in [-0.2, -0.15) is 0 Å². The molecule has 0 aromatic heterocycles. The lowest BCUT2D eigenvalue weighted by Crippen LogP contribution is -2.40. The number of hydrogen-bond acceptors (Lipinski definition) is 2. The second kappa shape index (κ2) is 6.30. The molecule has 1 atom stereocenters. The van der Waals surface area contributed by atoms with Gasteiger partial charge in [-0.1, -0.05) is 19.9 Å². The molecule has 0 saturated carbocycles. The van der Waals surface area contributed by atoms with Crippen molar-refractivity contribution in [2.75, 3.05) is 19.6 Å². The van der Waals surface area contributed by atoms with Gasteiger partial charge in [-0.3, -0.25) is 4.90 Å². The molecule has 2 rings (SSSR count). The first-order valence-electron chi connectivity index (χ1n) is 6.99. The third-order valence-electron chi connectivity index (χ3n) is 3.58. The van der Waals surface area contributed by atoms with E-state index in [0.717, 1.165) is 39.0 Å². The van der Waals surface area contributed by atoms with E-state index < -0.39 is 0 Å². The van der Waals surface area contributed by atoms with Crippen LogP contribution in [0, 0.1) is 5.82 Å². The molecule has 18 heavy (non-hydrogen) atoms. The second-order valence-electron chi connectivity index (χ2n) is 5.03. The number of halogens is 1. The molecule has 0 spiro atoms. The van der Waals surface area contributed by atoms with Crippen LogP contribution in [0.5, 0.6) is 0 Å². The Morgan fingerprint density at radius 3 is 2.67 bits per heavy atom. The average Bonchev–Trinajstić information content (AvgIpc) is 2.38. The molecule has 1 N–H and O–H groups in total. The van der Waals surface area contributed by atoms with Crippen LogP contribution < -0.4 is 5.32 Å². The van der Waals surface area contributed by atoms with Crippen molar-refractivity contribution in [3.05, 3.63) is 35.1 Å². The lowest BCUT2D eigenvalue weighted by Gasteiger charge is -2.36. The van der Waals surface area contributed by atoms with Crippen molar-refractivity contribution in [2.45, 2.75) is 39.3 Å². The van der Waals surface area contributed by atoms with E-state index in [1.807, 2.05) is 6.07 Å². The third-order valence-corrected chi connectivity index (χ3v) is 3.58. The summed E-state index contributed by atoms with van der Waals surface area (Å²) in [6.07, 6.45) is 2.28. The first-order chi connectivity index (χ1) is 8.76. The molecule has 1 aromatic carbocycles. The molecule has 0 saturated heterocycles. The zero-order valence-corrected chi connectivity index (χ0v) is 11.4. The molecule has 0 radical (unpaired) electrons. The van der Waals surface area contributed by atoms with Crippen LogP contribution >= 0.6 is 0 Å². The van der Waals surface area contributed by atoms with Crippen LogP contribution in [0.3, 0.4) is 0 Å². The molecule has 1 heterocycles. The highest BCUT2D eigenvalue weighted by Crippen LogP contribution is 2.28. The van der Waals surface area contributed by atoms with Crippen molar-refractivity contribution >= 4 is 0 Å². The summed E-state index contributed by atoms with van der Waals surface area (Å²) in [5.74, 6) is -0.117.